The molecule has 0 spiro atoms. The number of carbonyl (C=O) groups is 2. The van der Waals surface area contributed by atoms with Gasteiger partial charge in [-0.2, -0.15) is 12.6 Å². The van der Waals surface area contributed by atoms with Gasteiger partial charge in [0.1, 0.15) is 6.04 Å². The average molecular weight is 382 g/mol. The summed E-state index contributed by atoms with van der Waals surface area (Å²) in [6.07, 6.45) is 5.58. The number of benzene rings is 1. The van der Waals surface area contributed by atoms with Crippen LogP contribution in [0.5, 0.6) is 0 Å². The second-order valence-electron chi connectivity index (χ2n) is 6.77. The lowest BCUT2D eigenvalue weighted by atomic mass is 9.97. The summed E-state index contributed by atoms with van der Waals surface area (Å²) in [6.45, 7) is 2.36. The quantitative estimate of drug-likeness (QED) is 0.534. The summed E-state index contributed by atoms with van der Waals surface area (Å²) < 4.78 is 0. The normalized spacial score (nSPS) is 21.3. The lowest BCUT2D eigenvalue weighted by Gasteiger charge is -2.24. The number of carboxylic acid groups (broad SMARTS) is 1. The fraction of sp³-hybridized carbons (Fsp3) is 0.579. The molecule has 1 aliphatic heterocycles. The summed E-state index contributed by atoms with van der Waals surface area (Å²) in [5.41, 5.74) is 1.31. The van der Waals surface area contributed by atoms with Gasteiger partial charge >= 0.3 is 5.97 Å². The summed E-state index contributed by atoms with van der Waals surface area (Å²) in [5, 5.41) is 9.44. The molecule has 2 rings (SSSR count). The highest BCUT2D eigenvalue weighted by Crippen LogP contribution is 2.29. The van der Waals surface area contributed by atoms with E-state index in [0.29, 0.717) is 18.7 Å². The molecule has 1 aliphatic rings. The maximum absolute atomic E-state index is 12.4. The summed E-state index contributed by atoms with van der Waals surface area (Å²) in [5.74, 6) is -0.507. The molecule has 0 radical (unpaired) electrons. The van der Waals surface area contributed by atoms with E-state index >= 15 is 0 Å². The van der Waals surface area contributed by atoms with Gasteiger partial charge in [-0.15, -0.1) is 11.8 Å². The monoisotopic (exact) mass is 381 g/mol. The number of aliphatic carboxylic acids is 1. The molecule has 1 aromatic carbocycles. The zero-order valence-electron chi connectivity index (χ0n) is 14.9. The number of thioether (sulfide) groups is 1. The Labute approximate surface area is 159 Å². The van der Waals surface area contributed by atoms with Crippen molar-refractivity contribution in [3.8, 4) is 0 Å². The predicted molar refractivity (Wildman–Crippen MR) is 105 cm³/mol. The molecule has 1 saturated heterocycles. The van der Waals surface area contributed by atoms with E-state index < -0.39 is 12.0 Å². The Kier molecular flexibility index (Phi) is 7.69. The first-order valence-electron chi connectivity index (χ1n) is 8.73. The minimum atomic E-state index is -0.894. The van der Waals surface area contributed by atoms with E-state index in [9.17, 15) is 14.7 Å². The Bertz CT molecular complexity index is 591. The van der Waals surface area contributed by atoms with Gasteiger partial charge < -0.3 is 10.0 Å². The lowest BCUT2D eigenvalue weighted by molar-refractivity contribution is -0.149. The van der Waals surface area contributed by atoms with Crippen molar-refractivity contribution < 1.29 is 14.7 Å². The molecule has 2 unspecified atom stereocenters. The number of rotatable bonds is 8. The molecule has 0 saturated carbocycles. The van der Waals surface area contributed by atoms with Crippen LogP contribution in [-0.4, -0.2) is 46.5 Å². The molecular weight excluding hydrogens is 354 g/mol. The SMILES string of the molecule is CSc1ccc(CCCC2C[C@@H](C(=O)O)N(C(=O)C(C)CS)C2)cc1. The van der Waals surface area contributed by atoms with Gasteiger partial charge in [0, 0.05) is 23.1 Å². The van der Waals surface area contributed by atoms with Gasteiger partial charge in [-0.25, -0.2) is 4.79 Å². The molecule has 1 aromatic rings. The Balaban J connectivity index is 1.87. The number of carbonyl (C=O) groups excluding carboxylic acids is 1. The molecule has 1 N–H and O–H groups in total. The maximum Gasteiger partial charge on any atom is 0.326 e. The van der Waals surface area contributed by atoms with Crippen molar-refractivity contribution in [2.75, 3.05) is 18.6 Å². The van der Waals surface area contributed by atoms with Crippen LogP contribution in [0.3, 0.4) is 0 Å². The number of aryl methyl sites for hydroxylation is 1. The number of hydrogen-bond acceptors (Lipinski definition) is 4. The number of thiol groups is 1. The number of likely N-dealkylation sites (tertiary alicyclic amines) is 1. The van der Waals surface area contributed by atoms with Crippen molar-refractivity contribution in [2.45, 2.75) is 43.5 Å². The van der Waals surface area contributed by atoms with E-state index in [4.69, 9.17) is 0 Å². The van der Waals surface area contributed by atoms with E-state index in [1.54, 1.807) is 23.6 Å². The van der Waals surface area contributed by atoms with Crippen molar-refractivity contribution in [1.82, 2.24) is 4.90 Å². The van der Waals surface area contributed by atoms with Crippen LogP contribution in [0.1, 0.15) is 31.7 Å². The molecule has 138 valence electrons. The van der Waals surface area contributed by atoms with Crippen molar-refractivity contribution in [3.63, 3.8) is 0 Å². The molecule has 25 heavy (non-hydrogen) atoms. The van der Waals surface area contributed by atoms with Crippen molar-refractivity contribution in [1.29, 1.82) is 0 Å². The Morgan fingerprint density at radius 3 is 2.60 bits per heavy atom. The highest BCUT2D eigenvalue weighted by atomic mass is 32.2. The zero-order chi connectivity index (χ0) is 18.4. The summed E-state index contributed by atoms with van der Waals surface area (Å²) in [4.78, 5) is 26.7. The van der Waals surface area contributed by atoms with E-state index in [0.717, 1.165) is 19.3 Å². The van der Waals surface area contributed by atoms with Crippen LogP contribution >= 0.6 is 24.4 Å². The first-order valence-corrected chi connectivity index (χ1v) is 10.6. The second-order valence-corrected chi connectivity index (χ2v) is 8.02. The van der Waals surface area contributed by atoms with Gasteiger partial charge in [0.15, 0.2) is 0 Å². The lowest BCUT2D eigenvalue weighted by Crippen LogP contribution is -2.43. The molecule has 0 bridgehead atoms. The first kappa shape index (κ1) is 20.2. The molecule has 1 fully saturated rings. The highest BCUT2D eigenvalue weighted by Gasteiger charge is 2.40. The van der Waals surface area contributed by atoms with Crippen LogP contribution in [0, 0.1) is 11.8 Å². The Morgan fingerprint density at radius 2 is 2.04 bits per heavy atom. The van der Waals surface area contributed by atoms with Crippen LogP contribution in [0.25, 0.3) is 0 Å². The second kappa shape index (κ2) is 9.53. The smallest absolute Gasteiger partial charge is 0.326 e. The molecule has 1 heterocycles. The van der Waals surface area contributed by atoms with E-state index in [-0.39, 0.29) is 17.7 Å². The molecule has 3 atom stereocenters. The fourth-order valence-electron chi connectivity index (χ4n) is 3.36. The van der Waals surface area contributed by atoms with E-state index in [1.165, 1.54) is 10.5 Å². The number of nitrogens with zero attached hydrogens (tertiary/aromatic N) is 1. The van der Waals surface area contributed by atoms with Crippen LogP contribution in [0.15, 0.2) is 29.2 Å². The van der Waals surface area contributed by atoms with Gasteiger partial charge in [0.25, 0.3) is 0 Å². The third-order valence-electron chi connectivity index (χ3n) is 4.89. The molecule has 0 aromatic heterocycles. The van der Waals surface area contributed by atoms with Crippen molar-refractivity contribution in [3.05, 3.63) is 29.8 Å². The Morgan fingerprint density at radius 1 is 1.36 bits per heavy atom. The van der Waals surface area contributed by atoms with E-state index in [1.807, 2.05) is 0 Å². The largest absolute Gasteiger partial charge is 0.480 e. The predicted octanol–water partition coefficient (Wildman–Crippen LogP) is 3.60. The van der Waals surface area contributed by atoms with Crippen LogP contribution < -0.4 is 0 Å². The molecular formula is C19H27NO3S2. The van der Waals surface area contributed by atoms with Gasteiger partial charge in [-0.1, -0.05) is 19.1 Å². The average Bonchev–Trinajstić information content (AvgIpc) is 3.05. The molecule has 6 heteroatoms. The van der Waals surface area contributed by atoms with Gasteiger partial charge in [-0.3, -0.25) is 4.79 Å². The van der Waals surface area contributed by atoms with Gasteiger partial charge in [0.05, 0.1) is 0 Å². The Hall–Kier alpha value is -1.14. The fourth-order valence-corrected chi connectivity index (χ4v) is 3.92. The zero-order valence-corrected chi connectivity index (χ0v) is 16.6. The van der Waals surface area contributed by atoms with Crippen LogP contribution in [0.2, 0.25) is 0 Å². The van der Waals surface area contributed by atoms with Crippen LogP contribution in [0.4, 0.5) is 0 Å². The third-order valence-corrected chi connectivity index (χ3v) is 6.18. The number of carboxylic acids is 1. The highest BCUT2D eigenvalue weighted by molar-refractivity contribution is 7.98. The number of amides is 1. The molecule has 1 amide bonds. The topological polar surface area (TPSA) is 57.6 Å². The minimum Gasteiger partial charge on any atom is -0.480 e. The summed E-state index contributed by atoms with van der Waals surface area (Å²) >= 11 is 5.90. The molecule has 0 aliphatic carbocycles. The number of hydrogen-bond donors (Lipinski definition) is 2. The minimum absolute atomic E-state index is 0.0856. The first-order chi connectivity index (χ1) is 12.0. The van der Waals surface area contributed by atoms with Gasteiger partial charge in [0.2, 0.25) is 5.91 Å². The maximum atomic E-state index is 12.4. The van der Waals surface area contributed by atoms with Gasteiger partial charge in [-0.05, 0) is 55.6 Å². The standard InChI is InChI=1S/C19H27NO3S2/c1-13(12-24)18(21)20-11-15(10-17(20)19(22)23)5-3-4-14-6-8-16(25-2)9-7-14/h6-9,13,15,17,24H,3-5,10-12H2,1-2H3,(H,22,23)/t13?,15?,17-/m0/s1. The summed E-state index contributed by atoms with van der Waals surface area (Å²) in [7, 11) is 0. The van der Waals surface area contributed by atoms with Crippen molar-refractivity contribution in [2.24, 2.45) is 11.8 Å². The molecule has 4 nitrogen and oxygen atoms in total. The van der Waals surface area contributed by atoms with Crippen molar-refractivity contribution >= 4 is 36.3 Å². The van der Waals surface area contributed by atoms with E-state index in [2.05, 4.69) is 43.2 Å². The summed E-state index contributed by atoms with van der Waals surface area (Å²) in [6, 6.07) is 7.90. The van der Waals surface area contributed by atoms with Crippen LogP contribution in [-0.2, 0) is 16.0 Å². The third kappa shape index (κ3) is 5.42.